The number of amides is 1. The van der Waals surface area contributed by atoms with Gasteiger partial charge in [0, 0.05) is 18.7 Å². The Kier molecular flexibility index (Phi) is 5.05. The molecule has 7 nitrogen and oxygen atoms in total. The summed E-state index contributed by atoms with van der Waals surface area (Å²) in [4.78, 5) is 27.3. The summed E-state index contributed by atoms with van der Waals surface area (Å²) in [5.41, 5.74) is 3.66. The molecule has 0 heterocycles. The van der Waals surface area contributed by atoms with Crippen LogP contribution in [0.4, 0.5) is 11.4 Å². The van der Waals surface area contributed by atoms with E-state index in [1.165, 1.54) is 25.2 Å². The molecule has 0 radical (unpaired) electrons. The van der Waals surface area contributed by atoms with Crippen LogP contribution in [0.1, 0.15) is 15.9 Å². The van der Waals surface area contributed by atoms with E-state index in [4.69, 9.17) is 4.84 Å². The first-order valence-electron chi connectivity index (χ1n) is 6.54. The van der Waals surface area contributed by atoms with Gasteiger partial charge in [-0.2, -0.15) is 0 Å². The van der Waals surface area contributed by atoms with Gasteiger partial charge < -0.3 is 5.32 Å². The van der Waals surface area contributed by atoms with E-state index in [2.05, 4.69) is 10.8 Å². The van der Waals surface area contributed by atoms with Gasteiger partial charge in [0.05, 0.1) is 11.5 Å². The Bertz CT molecular complexity index is 674. The second-order valence-electron chi connectivity index (χ2n) is 4.44. The van der Waals surface area contributed by atoms with E-state index in [0.717, 1.165) is 5.56 Å². The van der Waals surface area contributed by atoms with Crippen LogP contribution in [-0.4, -0.2) is 17.9 Å². The Hall–Kier alpha value is -2.93. The highest BCUT2D eigenvalue weighted by atomic mass is 16.6. The molecule has 0 saturated heterocycles. The van der Waals surface area contributed by atoms with Crippen molar-refractivity contribution in [2.24, 2.45) is 0 Å². The van der Waals surface area contributed by atoms with Crippen molar-refractivity contribution in [1.82, 2.24) is 5.32 Å². The zero-order chi connectivity index (χ0) is 15.9. The molecule has 0 saturated carbocycles. The summed E-state index contributed by atoms with van der Waals surface area (Å²) in [7, 11) is 1.46. The number of hydrogen-bond acceptors (Lipinski definition) is 5. The van der Waals surface area contributed by atoms with Gasteiger partial charge in [0.1, 0.15) is 5.69 Å². The first-order valence-corrected chi connectivity index (χ1v) is 6.54. The minimum Gasteiger partial charge on any atom is -0.355 e. The molecule has 22 heavy (non-hydrogen) atoms. The Morgan fingerprint density at radius 3 is 2.59 bits per heavy atom. The van der Waals surface area contributed by atoms with Crippen LogP contribution >= 0.6 is 0 Å². The normalized spacial score (nSPS) is 10.0. The molecule has 0 aliphatic rings. The van der Waals surface area contributed by atoms with Gasteiger partial charge in [-0.3, -0.25) is 25.2 Å². The molecule has 2 N–H and O–H groups in total. The van der Waals surface area contributed by atoms with Crippen LogP contribution in [0, 0.1) is 10.1 Å². The number of nitro benzene ring substituents is 1. The summed E-state index contributed by atoms with van der Waals surface area (Å²) in [5.74, 6) is -0.389. The Labute approximate surface area is 127 Å². The summed E-state index contributed by atoms with van der Waals surface area (Å²) in [6.07, 6.45) is 0. The molecule has 0 fully saturated rings. The van der Waals surface area contributed by atoms with Crippen LogP contribution in [0.5, 0.6) is 0 Å². The molecule has 0 spiro atoms. The Morgan fingerprint density at radius 1 is 1.23 bits per heavy atom. The summed E-state index contributed by atoms with van der Waals surface area (Å²) >= 11 is 0. The third kappa shape index (κ3) is 3.80. The molecule has 7 heteroatoms. The summed E-state index contributed by atoms with van der Waals surface area (Å²) in [6, 6.07) is 13.5. The van der Waals surface area contributed by atoms with Gasteiger partial charge in [-0.05, 0) is 17.7 Å². The molecular formula is C15H15N3O4. The highest BCUT2D eigenvalue weighted by Crippen LogP contribution is 2.25. The topological polar surface area (TPSA) is 93.5 Å². The SMILES string of the molecule is CNC(=O)c1ccc(NOCc2ccccc2)c([N+](=O)[O-])c1. The van der Waals surface area contributed by atoms with Crippen molar-refractivity contribution in [3.63, 3.8) is 0 Å². The fourth-order valence-corrected chi connectivity index (χ4v) is 1.83. The molecule has 2 rings (SSSR count). The smallest absolute Gasteiger partial charge is 0.295 e. The van der Waals surface area contributed by atoms with Crippen molar-refractivity contribution in [3.05, 3.63) is 69.8 Å². The van der Waals surface area contributed by atoms with Gasteiger partial charge in [-0.1, -0.05) is 30.3 Å². The lowest BCUT2D eigenvalue weighted by atomic mass is 10.1. The highest BCUT2D eigenvalue weighted by molar-refractivity contribution is 5.95. The van der Waals surface area contributed by atoms with E-state index < -0.39 is 4.92 Å². The molecule has 0 atom stereocenters. The van der Waals surface area contributed by atoms with E-state index in [-0.39, 0.29) is 29.5 Å². The third-order valence-corrected chi connectivity index (χ3v) is 2.95. The predicted molar refractivity (Wildman–Crippen MR) is 81.3 cm³/mol. The van der Waals surface area contributed by atoms with Gasteiger partial charge >= 0.3 is 0 Å². The summed E-state index contributed by atoms with van der Waals surface area (Å²) in [6.45, 7) is 0.259. The van der Waals surface area contributed by atoms with Crippen LogP contribution in [0.15, 0.2) is 48.5 Å². The van der Waals surface area contributed by atoms with Crippen molar-refractivity contribution in [3.8, 4) is 0 Å². The maximum atomic E-state index is 11.5. The van der Waals surface area contributed by atoms with Crippen molar-refractivity contribution in [2.75, 3.05) is 12.5 Å². The molecule has 0 bridgehead atoms. The molecule has 2 aromatic carbocycles. The maximum Gasteiger partial charge on any atom is 0.295 e. The van der Waals surface area contributed by atoms with E-state index in [1.807, 2.05) is 30.3 Å². The van der Waals surface area contributed by atoms with Crippen LogP contribution < -0.4 is 10.8 Å². The summed E-state index contributed by atoms with van der Waals surface area (Å²) < 4.78 is 0. The molecule has 0 unspecified atom stereocenters. The maximum absolute atomic E-state index is 11.5. The van der Waals surface area contributed by atoms with E-state index in [0.29, 0.717) is 0 Å². The van der Waals surface area contributed by atoms with E-state index in [9.17, 15) is 14.9 Å². The van der Waals surface area contributed by atoms with Crippen LogP contribution in [0.25, 0.3) is 0 Å². The average molecular weight is 301 g/mol. The third-order valence-electron chi connectivity index (χ3n) is 2.95. The number of rotatable bonds is 6. The molecule has 0 aliphatic heterocycles. The first kappa shape index (κ1) is 15.5. The lowest BCUT2D eigenvalue weighted by molar-refractivity contribution is -0.384. The van der Waals surface area contributed by atoms with Gasteiger partial charge in [0.15, 0.2) is 0 Å². The number of carbonyl (C=O) groups is 1. The second-order valence-corrected chi connectivity index (χ2v) is 4.44. The van der Waals surface area contributed by atoms with Gasteiger partial charge in [-0.25, -0.2) is 0 Å². The minimum absolute atomic E-state index is 0.189. The standard InChI is InChI=1S/C15H15N3O4/c1-16-15(19)12-7-8-13(14(9-12)18(20)21)17-22-10-11-5-3-2-4-6-11/h2-9,17H,10H2,1H3,(H,16,19). The number of carbonyl (C=O) groups excluding carboxylic acids is 1. The van der Waals surface area contributed by atoms with E-state index in [1.54, 1.807) is 0 Å². The minimum atomic E-state index is -0.569. The molecule has 2 aromatic rings. The zero-order valence-corrected chi connectivity index (χ0v) is 11.9. The zero-order valence-electron chi connectivity index (χ0n) is 11.9. The van der Waals surface area contributed by atoms with Crippen LogP contribution in [0.3, 0.4) is 0 Å². The number of hydrogen-bond donors (Lipinski definition) is 2. The predicted octanol–water partition coefficient (Wildman–Crippen LogP) is 2.50. The highest BCUT2D eigenvalue weighted by Gasteiger charge is 2.17. The summed E-state index contributed by atoms with van der Waals surface area (Å²) in [5, 5.41) is 13.5. The van der Waals surface area contributed by atoms with Crippen molar-refractivity contribution in [2.45, 2.75) is 6.61 Å². The van der Waals surface area contributed by atoms with Crippen molar-refractivity contribution in [1.29, 1.82) is 0 Å². The van der Waals surface area contributed by atoms with E-state index >= 15 is 0 Å². The number of anilines is 1. The molecule has 0 aliphatic carbocycles. The first-order chi connectivity index (χ1) is 10.6. The van der Waals surface area contributed by atoms with Crippen molar-refractivity contribution >= 4 is 17.3 Å². The number of benzene rings is 2. The number of nitrogens with one attached hydrogen (secondary N) is 2. The Balaban J connectivity index is 2.09. The lowest BCUT2D eigenvalue weighted by Gasteiger charge is -2.08. The fraction of sp³-hybridized carbons (Fsp3) is 0.133. The molecular weight excluding hydrogens is 286 g/mol. The quantitative estimate of drug-likeness (QED) is 0.631. The fourth-order valence-electron chi connectivity index (χ4n) is 1.83. The average Bonchev–Trinajstić information content (AvgIpc) is 2.55. The molecule has 0 aromatic heterocycles. The number of nitro groups is 1. The van der Waals surface area contributed by atoms with Crippen molar-refractivity contribution < 1.29 is 14.6 Å². The van der Waals surface area contributed by atoms with Gasteiger partial charge in [0.25, 0.3) is 11.6 Å². The second kappa shape index (κ2) is 7.19. The molecule has 114 valence electrons. The van der Waals surface area contributed by atoms with Crippen LogP contribution in [-0.2, 0) is 11.4 Å². The monoisotopic (exact) mass is 301 g/mol. The van der Waals surface area contributed by atoms with Crippen LogP contribution in [0.2, 0.25) is 0 Å². The largest absolute Gasteiger partial charge is 0.355 e. The lowest BCUT2D eigenvalue weighted by Crippen LogP contribution is -2.18. The number of nitrogens with zero attached hydrogens (tertiary/aromatic N) is 1. The molecule has 1 amide bonds. The van der Waals surface area contributed by atoms with Gasteiger partial charge in [-0.15, -0.1) is 0 Å². The Morgan fingerprint density at radius 2 is 1.95 bits per heavy atom. The van der Waals surface area contributed by atoms with Gasteiger partial charge in [0.2, 0.25) is 0 Å².